The highest BCUT2D eigenvalue weighted by molar-refractivity contribution is 5.80. The predicted molar refractivity (Wildman–Crippen MR) is 99.6 cm³/mol. The van der Waals surface area contributed by atoms with Crippen molar-refractivity contribution in [2.75, 3.05) is 13.2 Å². The summed E-state index contributed by atoms with van der Waals surface area (Å²) in [6.07, 6.45) is 0. The average molecular weight is 369 g/mol. The summed E-state index contributed by atoms with van der Waals surface area (Å²) in [6, 6.07) is 11.6. The molecule has 0 spiro atoms. The van der Waals surface area contributed by atoms with Gasteiger partial charge in [0.05, 0.1) is 12.0 Å². The molecule has 7 nitrogen and oxygen atoms in total. The molecule has 1 amide bonds. The monoisotopic (exact) mass is 369 g/mol. The number of fused-ring (bicyclic) bond motifs is 1. The van der Waals surface area contributed by atoms with Crippen LogP contribution in [0.15, 0.2) is 51.7 Å². The average Bonchev–Trinajstić information content (AvgIpc) is 2.65. The Bertz CT molecular complexity index is 1020. The van der Waals surface area contributed by atoms with Crippen molar-refractivity contribution in [3.63, 3.8) is 0 Å². The summed E-state index contributed by atoms with van der Waals surface area (Å²) in [5, 5.41) is 0.341. The lowest BCUT2D eigenvalue weighted by molar-refractivity contribution is -0.119. The summed E-state index contributed by atoms with van der Waals surface area (Å²) in [6.45, 7) is 3.85. The first kappa shape index (κ1) is 18.3. The molecule has 0 aliphatic rings. The number of hydrogen-bond acceptors (Lipinski definition) is 6. The van der Waals surface area contributed by atoms with Gasteiger partial charge in [0.25, 0.3) is 5.91 Å². The molecule has 3 aromatic rings. The highest BCUT2D eigenvalue weighted by Gasteiger charge is 2.15. The van der Waals surface area contributed by atoms with E-state index in [4.69, 9.17) is 24.4 Å². The molecule has 0 bridgehead atoms. The second-order valence-electron chi connectivity index (χ2n) is 5.74. The summed E-state index contributed by atoms with van der Waals surface area (Å²) in [4.78, 5) is 23.6. The van der Waals surface area contributed by atoms with Crippen LogP contribution in [0.3, 0.4) is 0 Å². The van der Waals surface area contributed by atoms with Crippen LogP contribution in [0.4, 0.5) is 0 Å². The quantitative estimate of drug-likeness (QED) is 0.686. The highest BCUT2D eigenvalue weighted by Crippen LogP contribution is 2.28. The molecule has 0 unspecified atom stereocenters. The third kappa shape index (κ3) is 4.20. The van der Waals surface area contributed by atoms with Gasteiger partial charge in [-0.3, -0.25) is 9.59 Å². The van der Waals surface area contributed by atoms with Crippen LogP contribution in [0, 0.1) is 6.92 Å². The number of rotatable bonds is 7. The van der Waals surface area contributed by atoms with Gasteiger partial charge in [-0.25, -0.2) is 0 Å². The molecule has 2 N–H and O–H groups in total. The largest absolute Gasteiger partial charge is 0.494 e. The first-order valence-electron chi connectivity index (χ1n) is 8.37. The van der Waals surface area contributed by atoms with Crippen molar-refractivity contribution in [2.45, 2.75) is 13.8 Å². The van der Waals surface area contributed by atoms with Crippen LogP contribution in [0.25, 0.3) is 11.0 Å². The van der Waals surface area contributed by atoms with Crippen LogP contribution in [0.2, 0.25) is 0 Å². The van der Waals surface area contributed by atoms with E-state index in [1.54, 1.807) is 43.3 Å². The Morgan fingerprint density at radius 1 is 1.04 bits per heavy atom. The van der Waals surface area contributed by atoms with Crippen LogP contribution in [0.1, 0.15) is 12.7 Å². The zero-order valence-corrected chi connectivity index (χ0v) is 15.0. The Kier molecular flexibility index (Phi) is 5.30. The first-order valence-corrected chi connectivity index (χ1v) is 8.37. The molecule has 1 aromatic heterocycles. The van der Waals surface area contributed by atoms with E-state index in [1.807, 2.05) is 6.92 Å². The summed E-state index contributed by atoms with van der Waals surface area (Å²) >= 11 is 0. The molecule has 1 heterocycles. The van der Waals surface area contributed by atoms with Crippen molar-refractivity contribution in [1.29, 1.82) is 0 Å². The summed E-state index contributed by atoms with van der Waals surface area (Å²) in [5.74, 6) is 1.44. The molecule has 0 fully saturated rings. The van der Waals surface area contributed by atoms with E-state index in [1.165, 1.54) is 6.07 Å². The van der Waals surface area contributed by atoms with Gasteiger partial charge >= 0.3 is 0 Å². The molecule has 0 atom stereocenters. The van der Waals surface area contributed by atoms with Gasteiger partial charge < -0.3 is 24.4 Å². The predicted octanol–water partition coefficient (Wildman–Crippen LogP) is 3.16. The molecule has 3 rings (SSSR count). The molecule has 0 saturated carbocycles. The number of nitrogens with two attached hydrogens (primary N) is 1. The van der Waals surface area contributed by atoms with Crippen LogP contribution >= 0.6 is 0 Å². The van der Waals surface area contributed by atoms with Gasteiger partial charge in [0, 0.05) is 6.07 Å². The topological polar surface area (TPSA) is 101 Å². The lowest BCUT2D eigenvalue weighted by Gasteiger charge is -2.10. The minimum atomic E-state index is -0.591. The summed E-state index contributed by atoms with van der Waals surface area (Å²) in [5.41, 5.74) is 5.09. The van der Waals surface area contributed by atoms with E-state index < -0.39 is 5.91 Å². The molecule has 2 aromatic carbocycles. The van der Waals surface area contributed by atoms with Crippen LogP contribution in [0.5, 0.6) is 23.0 Å². The number of carbonyl (C=O) groups excluding carboxylic acids is 1. The van der Waals surface area contributed by atoms with Crippen molar-refractivity contribution < 1.29 is 23.4 Å². The number of ether oxygens (including phenoxy) is 3. The first-order chi connectivity index (χ1) is 13.0. The van der Waals surface area contributed by atoms with Crippen molar-refractivity contribution >= 4 is 16.9 Å². The highest BCUT2D eigenvalue weighted by atomic mass is 16.5. The molecule has 0 saturated heterocycles. The molecule has 0 aliphatic heterocycles. The fourth-order valence-electron chi connectivity index (χ4n) is 2.52. The second-order valence-corrected chi connectivity index (χ2v) is 5.74. The number of carbonyl (C=O) groups is 1. The Morgan fingerprint density at radius 3 is 2.37 bits per heavy atom. The SMILES string of the molecule is CCOc1ccc(Oc2c(C)oc3cc(OCC(N)=O)ccc3c2=O)cc1. The van der Waals surface area contributed by atoms with Crippen molar-refractivity contribution in [1.82, 2.24) is 0 Å². The zero-order valence-electron chi connectivity index (χ0n) is 15.0. The number of hydrogen-bond donors (Lipinski definition) is 1. The maximum absolute atomic E-state index is 12.8. The fraction of sp³-hybridized carbons (Fsp3) is 0.200. The van der Waals surface area contributed by atoms with Crippen molar-refractivity contribution in [3.8, 4) is 23.0 Å². The number of aryl methyl sites for hydroxylation is 1. The van der Waals surface area contributed by atoms with Crippen LogP contribution in [-0.4, -0.2) is 19.1 Å². The Morgan fingerprint density at radius 2 is 1.70 bits per heavy atom. The fourth-order valence-corrected chi connectivity index (χ4v) is 2.52. The van der Waals surface area contributed by atoms with E-state index in [9.17, 15) is 9.59 Å². The van der Waals surface area contributed by atoms with E-state index in [-0.39, 0.29) is 17.8 Å². The van der Waals surface area contributed by atoms with Gasteiger partial charge in [-0.1, -0.05) is 0 Å². The molecule has 0 aliphatic carbocycles. The maximum atomic E-state index is 12.8. The minimum Gasteiger partial charge on any atom is -0.494 e. The lowest BCUT2D eigenvalue weighted by Crippen LogP contribution is -2.20. The summed E-state index contributed by atoms with van der Waals surface area (Å²) < 4.78 is 22.1. The summed E-state index contributed by atoms with van der Waals surface area (Å²) in [7, 11) is 0. The van der Waals surface area contributed by atoms with Crippen LogP contribution < -0.4 is 25.4 Å². The normalized spacial score (nSPS) is 10.6. The Labute approximate surface area is 155 Å². The molecular formula is C20H19NO6. The van der Waals surface area contributed by atoms with E-state index in [0.29, 0.717) is 34.8 Å². The second kappa shape index (κ2) is 7.82. The molecular weight excluding hydrogens is 350 g/mol. The Hall–Kier alpha value is -3.48. The standard InChI is InChI=1S/C20H19NO6/c1-3-24-13-4-6-14(7-5-13)27-20-12(2)26-17-10-15(25-11-18(21)22)8-9-16(17)19(20)23/h4-10H,3,11H2,1-2H3,(H2,21,22). The minimum absolute atomic E-state index is 0.109. The number of primary amides is 1. The van der Waals surface area contributed by atoms with Gasteiger partial charge in [0.1, 0.15) is 28.6 Å². The molecule has 0 radical (unpaired) electrons. The van der Waals surface area contributed by atoms with Gasteiger partial charge in [-0.15, -0.1) is 0 Å². The van der Waals surface area contributed by atoms with Gasteiger partial charge in [-0.05, 0) is 50.2 Å². The van der Waals surface area contributed by atoms with E-state index in [0.717, 1.165) is 5.75 Å². The third-order valence-electron chi connectivity index (χ3n) is 3.72. The number of amides is 1. The van der Waals surface area contributed by atoms with Crippen molar-refractivity contribution in [2.24, 2.45) is 5.73 Å². The van der Waals surface area contributed by atoms with Gasteiger partial charge in [0.15, 0.2) is 6.61 Å². The zero-order chi connectivity index (χ0) is 19.4. The molecule has 140 valence electrons. The van der Waals surface area contributed by atoms with E-state index in [2.05, 4.69) is 0 Å². The number of benzene rings is 2. The van der Waals surface area contributed by atoms with Crippen LogP contribution in [-0.2, 0) is 4.79 Å². The third-order valence-corrected chi connectivity index (χ3v) is 3.72. The van der Waals surface area contributed by atoms with E-state index >= 15 is 0 Å². The van der Waals surface area contributed by atoms with Gasteiger partial charge in [-0.2, -0.15) is 0 Å². The maximum Gasteiger partial charge on any atom is 0.255 e. The van der Waals surface area contributed by atoms with Gasteiger partial charge in [0.2, 0.25) is 11.2 Å². The molecule has 7 heteroatoms. The lowest BCUT2D eigenvalue weighted by atomic mass is 10.2. The van der Waals surface area contributed by atoms with Crippen molar-refractivity contribution in [3.05, 3.63) is 58.4 Å². The molecule has 27 heavy (non-hydrogen) atoms. The smallest absolute Gasteiger partial charge is 0.255 e. The Balaban J connectivity index is 1.91.